The number of aromatic nitrogens is 1. The quantitative estimate of drug-likeness (QED) is 0.587. The van der Waals surface area contributed by atoms with Crippen molar-refractivity contribution in [3.8, 4) is 17.2 Å². The maximum atomic E-state index is 12.6. The maximum absolute atomic E-state index is 12.6. The lowest BCUT2D eigenvalue weighted by Gasteiger charge is -2.12. The van der Waals surface area contributed by atoms with E-state index in [1.807, 2.05) is 25.1 Å². The summed E-state index contributed by atoms with van der Waals surface area (Å²) in [5.74, 6) is 2.30. The van der Waals surface area contributed by atoms with Gasteiger partial charge < -0.3 is 24.8 Å². The molecule has 0 fully saturated rings. The van der Waals surface area contributed by atoms with Crippen LogP contribution < -0.4 is 24.8 Å². The van der Waals surface area contributed by atoms with E-state index in [1.165, 1.54) is 0 Å². The highest BCUT2D eigenvalue weighted by Crippen LogP contribution is 2.30. The normalized spacial score (nSPS) is 10.2. The molecule has 2 N–H and O–H groups in total. The van der Waals surface area contributed by atoms with E-state index in [0.29, 0.717) is 35.2 Å². The lowest BCUT2D eigenvalue weighted by Crippen LogP contribution is -2.12. The Morgan fingerprint density at radius 2 is 1.66 bits per heavy atom. The molecule has 1 amide bonds. The van der Waals surface area contributed by atoms with Crippen LogP contribution in [-0.4, -0.2) is 31.7 Å². The van der Waals surface area contributed by atoms with E-state index in [-0.39, 0.29) is 5.91 Å². The SMILES string of the molecule is CCOc1ccc(NC(=O)c2ccnc(Nc3ccc(OC)c(OC)c3)c2)cc1. The van der Waals surface area contributed by atoms with E-state index in [4.69, 9.17) is 14.2 Å². The van der Waals surface area contributed by atoms with Crippen LogP contribution in [0, 0.1) is 0 Å². The highest BCUT2D eigenvalue weighted by atomic mass is 16.5. The van der Waals surface area contributed by atoms with Crippen LogP contribution in [0.4, 0.5) is 17.2 Å². The molecule has 0 radical (unpaired) electrons. The average Bonchev–Trinajstić information content (AvgIpc) is 2.75. The van der Waals surface area contributed by atoms with Gasteiger partial charge in [0.1, 0.15) is 11.6 Å². The molecule has 0 saturated carbocycles. The molecule has 7 heteroatoms. The van der Waals surface area contributed by atoms with Crippen LogP contribution in [0.1, 0.15) is 17.3 Å². The molecule has 3 rings (SSSR count). The van der Waals surface area contributed by atoms with E-state index in [0.717, 1.165) is 11.4 Å². The standard InChI is InChI=1S/C22H23N3O4/c1-4-29-18-8-5-16(6-9-18)25-22(26)15-11-12-23-21(13-15)24-17-7-10-19(27-2)20(14-17)28-3/h5-14H,4H2,1-3H3,(H,23,24)(H,25,26). The molecule has 0 unspecified atom stereocenters. The summed E-state index contributed by atoms with van der Waals surface area (Å²) in [5, 5.41) is 6.03. The number of methoxy groups -OCH3 is 2. The fourth-order valence-corrected chi connectivity index (χ4v) is 2.71. The Bertz CT molecular complexity index is 974. The molecule has 0 aliphatic carbocycles. The van der Waals surface area contributed by atoms with Gasteiger partial charge in [-0.2, -0.15) is 0 Å². The summed E-state index contributed by atoms with van der Waals surface area (Å²) in [7, 11) is 3.16. The highest BCUT2D eigenvalue weighted by molar-refractivity contribution is 6.04. The molecule has 0 spiro atoms. The highest BCUT2D eigenvalue weighted by Gasteiger charge is 2.09. The number of amides is 1. The van der Waals surface area contributed by atoms with Crippen LogP contribution in [0.2, 0.25) is 0 Å². The molecule has 0 bridgehead atoms. The monoisotopic (exact) mass is 393 g/mol. The lowest BCUT2D eigenvalue weighted by molar-refractivity contribution is 0.102. The van der Waals surface area contributed by atoms with Gasteiger partial charge in [-0.05, 0) is 55.5 Å². The summed E-state index contributed by atoms with van der Waals surface area (Å²) in [4.78, 5) is 16.9. The fraction of sp³-hybridized carbons (Fsp3) is 0.182. The van der Waals surface area contributed by atoms with Crippen LogP contribution >= 0.6 is 0 Å². The molecule has 2 aromatic carbocycles. The first kappa shape index (κ1) is 20.0. The minimum absolute atomic E-state index is 0.230. The van der Waals surface area contributed by atoms with Crippen molar-refractivity contribution in [1.29, 1.82) is 0 Å². The molecule has 0 aliphatic rings. The zero-order valence-corrected chi connectivity index (χ0v) is 16.6. The van der Waals surface area contributed by atoms with Crippen molar-refractivity contribution < 1.29 is 19.0 Å². The second-order valence-electron chi connectivity index (χ2n) is 6.04. The van der Waals surface area contributed by atoms with Crippen LogP contribution in [0.3, 0.4) is 0 Å². The third kappa shape index (κ3) is 5.16. The number of ether oxygens (including phenoxy) is 3. The van der Waals surface area contributed by atoms with Gasteiger partial charge in [0.25, 0.3) is 5.91 Å². The van der Waals surface area contributed by atoms with Crippen molar-refractivity contribution in [2.75, 3.05) is 31.5 Å². The van der Waals surface area contributed by atoms with Crippen molar-refractivity contribution in [3.05, 3.63) is 66.4 Å². The smallest absolute Gasteiger partial charge is 0.255 e. The molecule has 150 valence electrons. The molecule has 0 atom stereocenters. The van der Waals surface area contributed by atoms with Gasteiger partial charge in [0.05, 0.1) is 20.8 Å². The number of hydrogen-bond acceptors (Lipinski definition) is 6. The summed E-state index contributed by atoms with van der Waals surface area (Å²) in [5.41, 5.74) is 1.93. The van der Waals surface area contributed by atoms with E-state index in [1.54, 1.807) is 56.8 Å². The Morgan fingerprint density at radius 3 is 2.34 bits per heavy atom. The molecule has 3 aromatic rings. The Balaban J connectivity index is 1.71. The average molecular weight is 393 g/mol. The summed E-state index contributed by atoms with van der Waals surface area (Å²) in [6.45, 7) is 2.52. The predicted octanol–water partition coefficient (Wildman–Crippen LogP) is 4.49. The Hall–Kier alpha value is -3.74. The first-order valence-electron chi connectivity index (χ1n) is 9.12. The molecular formula is C22H23N3O4. The zero-order chi connectivity index (χ0) is 20.6. The lowest BCUT2D eigenvalue weighted by atomic mass is 10.2. The van der Waals surface area contributed by atoms with Gasteiger partial charge in [-0.25, -0.2) is 4.98 Å². The molecule has 1 aromatic heterocycles. The van der Waals surface area contributed by atoms with Crippen LogP contribution in [0.25, 0.3) is 0 Å². The number of nitrogens with one attached hydrogen (secondary N) is 2. The summed E-state index contributed by atoms with van der Waals surface area (Å²) >= 11 is 0. The van der Waals surface area contributed by atoms with Crippen LogP contribution in [-0.2, 0) is 0 Å². The molecule has 0 aliphatic heterocycles. The number of pyridine rings is 1. The minimum Gasteiger partial charge on any atom is -0.494 e. The maximum Gasteiger partial charge on any atom is 0.255 e. The predicted molar refractivity (Wildman–Crippen MR) is 113 cm³/mol. The number of carbonyl (C=O) groups is 1. The zero-order valence-electron chi connectivity index (χ0n) is 16.6. The minimum atomic E-state index is -0.230. The van der Waals surface area contributed by atoms with E-state index in [2.05, 4.69) is 15.6 Å². The second kappa shape index (κ2) is 9.45. The number of benzene rings is 2. The van der Waals surface area contributed by atoms with Crippen molar-refractivity contribution in [2.24, 2.45) is 0 Å². The Kier molecular flexibility index (Phi) is 6.52. The topological polar surface area (TPSA) is 81.7 Å². The molecular weight excluding hydrogens is 370 g/mol. The van der Waals surface area contributed by atoms with Gasteiger partial charge in [-0.1, -0.05) is 0 Å². The number of nitrogens with zero attached hydrogens (tertiary/aromatic N) is 1. The largest absolute Gasteiger partial charge is 0.494 e. The van der Waals surface area contributed by atoms with Crippen LogP contribution in [0.15, 0.2) is 60.8 Å². The molecule has 29 heavy (non-hydrogen) atoms. The summed E-state index contributed by atoms with van der Waals surface area (Å²) in [6, 6.07) is 16.0. The second-order valence-corrected chi connectivity index (χ2v) is 6.04. The van der Waals surface area contributed by atoms with E-state index >= 15 is 0 Å². The Morgan fingerprint density at radius 1 is 0.931 bits per heavy atom. The van der Waals surface area contributed by atoms with E-state index in [9.17, 15) is 4.79 Å². The van der Waals surface area contributed by atoms with Crippen molar-refractivity contribution in [1.82, 2.24) is 4.98 Å². The van der Waals surface area contributed by atoms with Gasteiger partial charge >= 0.3 is 0 Å². The van der Waals surface area contributed by atoms with Gasteiger partial charge in [0.2, 0.25) is 0 Å². The molecule has 7 nitrogen and oxygen atoms in total. The van der Waals surface area contributed by atoms with Gasteiger partial charge in [0.15, 0.2) is 11.5 Å². The van der Waals surface area contributed by atoms with Gasteiger partial charge in [-0.15, -0.1) is 0 Å². The van der Waals surface area contributed by atoms with Crippen molar-refractivity contribution >= 4 is 23.1 Å². The first-order valence-corrected chi connectivity index (χ1v) is 9.12. The van der Waals surface area contributed by atoms with Crippen molar-refractivity contribution in [2.45, 2.75) is 6.92 Å². The van der Waals surface area contributed by atoms with Crippen molar-refractivity contribution in [3.63, 3.8) is 0 Å². The van der Waals surface area contributed by atoms with Gasteiger partial charge in [-0.3, -0.25) is 4.79 Å². The summed E-state index contributed by atoms with van der Waals surface area (Å²) < 4.78 is 16.0. The number of hydrogen-bond donors (Lipinski definition) is 2. The fourth-order valence-electron chi connectivity index (χ4n) is 2.71. The van der Waals surface area contributed by atoms with E-state index < -0.39 is 0 Å². The number of rotatable bonds is 8. The van der Waals surface area contributed by atoms with Gasteiger partial charge in [0, 0.05) is 29.2 Å². The molecule has 1 heterocycles. The third-order valence-corrected chi connectivity index (χ3v) is 4.10. The molecule has 0 saturated heterocycles. The first-order chi connectivity index (χ1) is 14.1. The Labute approximate surface area is 169 Å². The summed E-state index contributed by atoms with van der Waals surface area (Å²) in [6.07, 6.45) is 1.58. The number of anilines is 3. The number of carbonyl (C=O) groups excluding carboxylic acids is 1. The third-order valence-electron chi connectivity index (χ3n) is 4.10. The van der Waals surface area contributed by atoms with Crippen LogP contribution in [0.5, 0.6) is 17.2 Å².